The van der Waals surface area contributed by atoms with Gasteiger partial charge in [-0.05, 0) is 17.5 Å². The van der Waals surface area contributed by atoms with Crippen molar-refractivity contribution < 1.29 is 13.2 Å². The van der Waals surface area contributed by atoms with Crippen molar-refractivity contribution in [2.45, 2.75) is 32.0 Å². The van der Waals surface area contributed by atoms with Crippen LogP contribution in [0.25, 0.3) is 0 Å². The molecule has 0 aromatic heterocycles. The van der Waals surface area contributed by atoms with Gasteiger partial charge < -0.3 is 4.90 Å². The van der Waals surface area contributed by atoms with Crippen LogP contribution in [0, 0.1) is 0 Å². The predicted molar refractivity (Wildman–Crippen MR) is 103 cm³/mol. The SMILES string of the molecule is CCc1ccccc1CN1CCN(CC(=O)N(C)C)[C@@H]2CS(=O)(=O)C[C@@H]21. The summed E-state index contributed by atoms with van der Waals surface area (Å²) in [4.78, 5) is 18.1. The van der Waals surface area contributed by atoms with E-state index in [1.807, 2.05) is 6.07 Å². The molecular weight excluding hydrogens is 350 g/mol. The van der Waals surface area contributed by atoms with Crippen molar-refractivity contribution in [2.24, 2.45) is 0 Å². The first-order valence-electron chi connectivity index (χ1n) is 9.26. The van der Waals surface area contributed by atoms with E-state index < -0.39 is 9.84 Å². The standard InChI is InChI=1S/C19H29N3O3S/c1-4-15-7-5-6-8-16(15)11-21-9-10-22(12-19(23)20(2)3)18-14-26(24,25)13-17(18)21/h5-8,17-18H,4,9-14H2,1-3H3/t17-,18+/m0/s1. The summed E-state index contributed by atoms with van der Waals surface area (Å²) in [6, 6.07) is 8.25. The summed E-state index contributed by atoms with van der Waals surface area (Å²) in [7, 11) is 0.412. The number of aryl methyl sites for hydroxylation is 1. The van der Waals surface area contributed by atoms with Crippen LogP contribution in [0.1, 0.15) is 18.1 Å². The van der Waals surface area contributed by atoms with Crippen LogP contribution in [0.3, 0.4) is 0 Å². The van der Waals surface area contributed by atoms with E-state index >= 15 is 0 Å². The van der Waals surface area contributed by atoms with Crippen molar-refractivity contribution >= 4 is 15.7 Å². The van der Waals surface area contributed by atoms with Crippen LogP contribution in [0.2, 0.25) is 0 Å². The minimum atomic E-state index is -3.07. The Hall–Kier alpha value is -1.44. The Bertz CT molecular complexity index is 763. The Morgan fingerprint density at radius 3 is 2.27 bits per heavy atom. The lowest BCUT2D eigenvalue weighted by molar-refractivity contribution is -0.131. The van der Waals surface area contributed by atoms with Gasteiger partial charge in [-0.1, -0.05) is 31.2 Å². The highest BCUT2D eigenvalue weighted by Gasteiger charge is 2.46. The molecule has 0 spiro atoms. The molecule has 3 rings (SSSR count). The third kappa shape index (κ3) is 4.10. The molecule has 0 aliphatic carbocycles. The summed E-state index contributed by atoms with van der Waals surface area (Å²) in [5.41, 5.74) is 2.59. The Morgan fingerprint density at radius 2 is 1.65 bits per heavy atom. The van der Waals surface area contributed by atoms with Gasteiger partial charge in [0.1, 0.15) is 0 Å². The monoisotopic (exact) mass is 379 g/mol. The van der Waals surface area contributed by atoms with Gasteiger partial charge in [0, 0.05) is 45.8 Å². The fourth-order valence-corrected chi connectivity index (χ4v) is 6.12. The number of fused-ring (bicyclic) bond motifs is 1. The Labute approximate surface area is 156 Å². The summed E-state index contributed by atoms with van der Waals surface area (Å²) < 4.78 is 24.7. The molecule has 1 amide bonds. The van der Waals surface area contributed by atoms with E-state index in [4.69, 9.17) is 0 Å². The van der Waals surface area contributed by atoms with E-state index in [-0.39, 0.29) is 29.5 Å². The molecule has 0 bridgehead atoms. The second-order valence-electron chi connectivity index (χ2n) is 7.56. The number of piperazine rings is 1. The minimum Gasteiger partial charge on any atom is -0.348 e. The van der Waals surface area contributed by atoms with Crippen molar-refractivity contribution in [3.63, 3.8) is 0 Å². The molecule has 1 aromatic carbocycles. The Morgan fingerprint density at radius 1 is 1.08 bits per heavy atom. The molecule has 2 aliphatic rings. The van der Waals surface area contributed by atoms with Crippen LogP contribution < -0.4 is 0 Å². The van der Waals surface area contributed by atoms with E-state index in [2.05, 4.69) is 34.9 Å². The largest absolute Gasteiger partial charge is 0.348 e. The Kier molecular flexibility index (Phi) is 5.69. The van der Waals surface area contributed by atoms with Gasteiger partial charge in [0.15, 0.2) is 9.84 Å². The lowest BCUT2D eigenvalue weighted by Gasteiger charge is -2.44. The first kappa shape index (κ1) is 19.3. The molecule has 0 saturated carbocycles. The van der Waals surface area contributed by atoms with E-state index in [9.17, 15) is 13.2 Å². The summed E-state index contributed by atoms with van der Waals surface area (Å²) >= 11 is 0. The second-order valence-corrected chi connectivity index (χ2v) is 9.72. The number of sulfone groups is 1. The number of hydrogen-bond donors (Lipinski definition) is 0. The second kappa shape index (κ2) is 7.66. The van der Waals surface area contributed by atoms with Gasteiger partial charge in [-0.2, -0.15) is 0 Å². The summed E-state index contributed by atoms with van der Waals surface area (Å²) in [5, 5.41) is 0. The van der Waals surface area contributed by atoms with Gasteiger partial charge in [-0.25, -0.2) is 8.42 Å². The summed E-state index contributed by atoms with van der Waals surface area (Å²) in [5.74, 6) is 0.376. The molecule has 2 heterocycles. The molecule has 0 N–H and O–H groups in total. The highest BCUT2D eigenvalue weighted by atomic mass is 32.2. The van der Waals surface area contributed by atoms with Crippen molar-refractivity contribution in [1.29, 1.82) is 0 Å². The average molecular weight is 380 g/mol. The number of carbonyl (C=O) groups excluding carboxylic acids is 1. The Balaban J connectivity index is 1.79. The van der Waals surface area contributed by atoms with Crippen molar-refractivity contribution in [2.75, 3.05) is 45.2 Å². The van der Waals surface area contributed by atoms with Gasteiger partial charge in [-0.3, -0.25) is 14.6 Å². The van der Waals surface area contributed by atoms with E-state index in [1.165, 1.54) is 11.1 Å². The lowest BCUT2D eigenvalue weighted by Crippen LogP contribution is -2.60. The van der Waals surface area contributed by atoms with Gasteiger partial charge in [0.2, 0.25) is 5.91 Å². The van der Waals surface area contributed by atoms with Crippen LogP contribution in [0.15, 0.2) is 24.3 Å². The fraction of sp³-hybridized carbons (Fsp3) is 0.632. The molecular formula is C19H29N3O3S. The van der Waals surface area contributed by atoms with Crippen LogP contribution in [0.5, 0.6) is 0 Å². The van der Waals surface area contributed by atoms with Gasteiger partial charge >= 0.3 is 0 Å². The average Bonchev–Trinajstić information content (AvgIpc) is 2.93. The quantitative estimate of drug-likeness (QED) is 0.751. The highest BCUT2D eigenvalue weighted by molar-refractivity contribution is 7.91. The molecule has 2 aliphatic heterocycles. The molecule has 2 atom stereocenters. The van der Waals surface area contributed by atoms with E-state index in [0.29, 0.717) is 6.54 Å². The molecule has 26 heavy (non-hydrogen) atoms. The highest BCUT2D eigenvalue weighted by Crippen LogP contribution is 2.28. The van der Waals surface area contributed by atoms with Crippen molar-refractivity contribution in [3.05, 3.63) is 35.4 Å². The van der Waals surface area contributed by atoms with Crippen LogP contribution >= 0.6 is 0 Å². The molecule has 2 fully saturated rings. The van der Waals surface area contributed by atoms with Gasteiger partial charge in [0.05, 0.1) is 18.1 Å². The number of benzene rings is 1. The van der Waals surface area contributed by atoms with Gasteiger partial charge in [-0.15, -0.1) is 0 Å². The molecule has 144 valence electrons. The molecule has 0 unspecified atom stereocenters. The zero-order valence-electron chi connectivity index (χ0n) is 15.9. The molecule has 6 nitrogen and oxygen atoms in total. The third-order valence-corrected chi connectivity index (χ3v) is 7.31. The van der Waals surface area contributed by atoms with Crippen molar-refractivity contribution in [1.82, 2.24) is 14.7 Å². The smallest absolute Gasteiger partial charge is 0.236 e. The lowest BCUT2D eigenvalue weighted by atomic mass is 10.0. The topological polar surface area (TPSA) is 60.9 Å². The summed E-state index contributed by atoms with van der Waals surface area (Å²) in [6.07, 6.45) is 0.972. The molecule has 1 aromatic rings. The zero-order chi connectivity index (χ0) is 18.9. The number of rotatable bonds is 5. The van der Waals surface area contributed by atoms with Crippen LogP contribution in [-0.4, -0.2) is 86.3 Å². The number of likely N-dealkylation sites (N-methyl/N-ethyl adjacent to an activating group) is 1. The molecule has 7 heteroatoms. The number of carbonyl (C=O) groups is 1. The summed E-state index contributed by atoms with van der Waals surface area (Å²) in [6.45, 7) is 4.73. The maximum absolute atomic E-state index is 12.3. The first-order chi connectivity index (χ1) is 12.3. The van der Waals surface area contributed by atoms with Gasteiger partial charge in [0.25, 0.3) is 0 Å². The first-order valence-corrected chi connectivity index (χ1v) is 11.1. The number of amides is 1. The van der Waals surface area contributed by atoms with Crippen LogP contribution in [-0.2, 0) is 27.6 Å². The third-order valence-electron chi connectivity index (χ3n) is 5.62. The minimum absolute atomic E-state index is 0.0258. The normalized spacial score (nSPS) is 25.8. The zero-order valence-corrected chi connectivity index (χ0v) is 16.7. The maximum Gasteiger partial charge on any atom is 0.236 e. The molecule has 0 radical (unpaired) electrons. The maximum atomic E-state index is 12.3. The van der Waals surface area contributed by atoms with E-state index in [0.717, 1.165) is 26.1 Å². The van der Waals surface area contributed by atoms with Crippen LogP contribution in [0.4, 0.5) is 0 Å². The molecule has 2 saturated heterocycles. The van der Waals surface area contributed by atoms with E-state index in [1.54, 1.807) is 19.0 Å². The fourth-order valence-electron chi connectivity index (χ4n) is 4.08. The predicted octanol–water partition coefficient (Wildman–Crippen LogP) is 0.620. The van der Waals surface area contributed by atoms with Crippen molar-refractivity contribution in [3.8, 4) is 0 Å². The number of nitrogens with zero attached hydrogens (tertiary/aromatic N) is 3. The number of hydrogen-bond acceptors (Lipinski definition) is 5.